The van der Waals surface area contributed by atoms with Gasteiger partial charge in [-0.1, -0.05) is 43.0 Å². The van der Waals surface area contributed by atoms with E-state index in [4.69, 9.17) is 19.5 Å². The van der Waals surface area contributed by atoms with E-state index in [0.717, 1.165) is 16.9 Å². The minimum absolute atomic E-state index is 0.111. The van der Waals surface area contributed by atoms with E-state index in [0.29, 0.717) is 49.2 Å². The van der Waals surface area contributed by atoms with Gasteiger partial charge in [-0.25, -0.2) is 9.89 Å². The first-order chi connectivity index (χ1) is 19.4. The molecule has 2 aliphatic rings. The van der Waals surface area contributed by atoms with E-state index in [1.165, 1.54) is 16.7 Å². The molecule has 2 aromatic carbocycles. The van der Waals surface area contributed by atoms with Gasteiger partial charge >= 0.3 is 0 Å². The van der Waals surface area contributed by atoms with Crippen LogP contribution in [0, 0.1) is 0 Å². The summed E-state index contributed by atoms with van der Waals surface area (Å²) < 4.78 is 10.2. The molecule has 10 nitrogen and oxygen atoms in total. The molecule has 2 N–H and O–H groups in total. The van der Waals surface area contributed by atoms with Crippen molar-refractivity contribution in [3.05, 3.63) is 59.7 Å². The van der Waals surface area contributed by atoms with Gasteiger partial charge in [-0.15, -0.1) is 0 Å². The van der Waals surface area contributed by atoms with Gasteiger partial charge in [0.1, 0.15) is 17.6 Å². The maximum absolute atomic E-state index is 13.6. The van der Waals surface area contributed by atoms with Crippen molar-refractivity contribution in [1.29, 1.82) is 0 Å². The Morgan fingerprint density at radius 1 is 1.10 bits per heavy atom. The number of hydrogen-bond donors (Lipinski definition) is 2. The van der Waals surface area contributed by atoms with Crippen molar-refractivity contribution >= 4 is 46.2 Å². The van der Waals surface area contributed by atoms with Crippen molar-refractivity contribution < 1.29 is 23.9 Å². The van der Waals surface area contributed by atoms with Crippen LogP contribution in [0.3, 0.4) is 0 Å². The summed E-state index contributed by atoms with van der Waals surface area (Å²) in [6.07, 6.45) is 1.70. The summed E-state index contributed by atoms with van der Waals surface area (Å²) >= 11 is 1.26. The molecule has 0 aliphatic carbocycles. The number of nitrogens with zero attached hydrogens (tertiary/aromatic N) is 3. The lowest BCUT2D eigenvalue weighted by molar-refractivity contribution is -0.125. The Labute approximate surface area is 238 Å². The van der Waals surface area contributed by atoms with E-state index in [1.807, 2.05) is 55.5 Å². The van der Waals surface area contributed by atoms with Gasteiger partial charge in [0.15, 0.2) is 5.17 Å². The van der Waals surface area contributed by atoms with Gasteiger partial charge in [-0.05, 0) is 49.1 Å². The molecule has 2 aromatic rings. The summed E-state index contributed by atoms with van der Waals surface area (Å²) in [6, 6.07) is 14.3. The Kier molecular flexibility index (Phi) is 10.3. The van der Waals surface area contributed by atoms with Crippen LogP contribution in [-0.4, -0.2) is 72.3 Å². The van der Waals surface area contributed by atoms with E-state index < -0.39 is 11.3 Å². The molecule has 0 unspecified atom stereocenters. The number of benzene rings is 2. The van der Waals surface area contributed by atoms with Crippen molar-refractivity contribution in [2.45, 2.75) is 50.4 Å². The largest absolute Gasteiger partial charge is 0.497 e. The second-order valence-electron chi connectivity index (χ2n) is 9.37. The van der Waals surface area contributed by atoms with Gasteiger partial charge in [0.05, 0.1) is 18.0 Å². The maximum Gasteiger partial charge on any atom is 0.259 e. The molecule has 0 saturated heterocycles. The summed E-state index contributed by atoms with van der Waals surface area (Å²) in [5.74, 6) is 0.751. The summed E-state index contributed by atoms with van der Waals surface area (Å²) in [5.41, 5.74) is 2.40. The van der Waals surface area contributed by atoms with Gasteiger partial charge in [-0.3, -0.25) is 19.4 Å². The molecule has 4 rings (SSSR count). The van der Waals surface area contributed by atoms with Gasteiger partial charge < -0.3 is 20.1 Å². The molecule has 2 atom stereocenters. The summed E-state index contributed by atoms with van der Waals surface area (Å²) in [4.78, 5) is 50.0. The highest BCUT2D eigenvalue weighted by Crippen LogP contribution is 2.35. The quantitative estimate of drug-likeness (QED) is 0.359. The number of ether oxygens (including phenoxy) is 2. The number of fused-ring (bicyclic) bond motifs is 3. The lowest BCUT2D eigenvalue weighted by Crippen LogP contribution is -2.43. The molecule has 0 spiro atoms. The van der Waals surface area contributed by atoms with Gasteiger partial charge in [0, 0.05) is 38.8 Å². The van der Waals surface area contributed by atoms with Crippen LogP contribution in [0.5, 0.6) is 5.75 Å². The summed E-state index contributed by atoms with van der Waals surface area (Å²) in [7, 11) is 3.23. The monoisotopic (exact) mass is 565 g/mol. The minimum Gasteiger partial charge on any atom is -0.497 e. The van der Waals surface area contributed by atoms with Crippen LogP contribution in [-0.2, 0) is 25.7 Å². The van der Waals surface area contributed by atoms with Gasteiger partial charge in [0.25, 0.3) is 5.91 Å². The molecule has 212 valence electrons. The fourth-order valence-electron chi connectivity index (χ4n) is 4.36. The fraction of sp³-hybridized carbons (Fsp3) is 0.414. The zero-order valence-electron chi connectivity index (χ0n) is 23.0. The van der Waals surface area contributed by atoms with E-state index in [-0.39, 0.29) is 30.6 Å². The Hall–Kier alpha value is -3.70. The van der Waals surface area contributed by atoms with Crippen molar-refractivity contribution in [3.63, 3.8) is 0 Å². The van der Waals surface area contributed by atoms with E-state index in [2.05, 4.69) is 10.6 Å². The third-order valence-corrected chi connectivity index (χ3v) is 7.89. The van der Waals surface area contributed by atoms with Crippen molar-refractivity contribution in [1.82, 2.24) is 15.5 Å². The lowest BCUT2D eigenvalue weighted by atomic mass is 10.1. The Bertz CT molecular complexity index is 1280. The molecule has 3 amide bonds. The zero-order chi connectivity index (χ0) is 28.5. The average Bonchev–Trinajstić information content (AvgIpc) is 3.32. The minimum atomic E-state index is -0.707. The van der Waals surface area contributed by atoms with Crippen LogP contribution in [0.1, 0.15) is 43.7 Å². The number of thioether (sulfide) groups is 1. The van der Waals surface area contributed by atoms with Crippen molar-refractivity contribution in [2.24, 2.45) is 9.98 Å². The molecule has 0 fully saturated rings. The predicted molar refractivity (Wildman–Crippen MR) is 156 cm³/mol. The SMILES string of the molecule is CC[C@H](SC1=Nc2ccccc2C2=N[C@H](CCC(=O)NCc3ccc(OC)cc3)C(=O)N12)C(=O)NCCCOC. The highest BCUT2D eigenvalue weighted by molar-refractivity contribution is 8.15. The Balaban J connectivity index is 1.41. The first-order valence-corrected chi connectivity index (χ1v) is 14.3. The number of amides is 3. The molecule has 40 heavy (non-hydrogen) atoms. The third-order valence-electron chi connectivity index (χ3n) is 6.58. The van der Waals surface area contributed by atoms with Crippen LogP contribution in [0.2, 0.25) is 0 Å². The fourth-order valence-corrected chi connectivity index (χ4v) is 5.41. The second-order valence-corrected chi connectivity index (χ2v) is 10.5. The van der Waals surface area contributed by atoms with E-state index in [9.17, 15) is 14.4 Å². The van der Waals surface area contributed by atoms with Gasteiger partial charge in [0.2, 0.25) is 11.8 Å². The Morgan fingerprint density at radius 2 is 1.88 bits per heavy atom. The van der Waals surface area contributed by atoms with Gasteiger partial charge in [-0.2, -0.15) is 0 Å². The highest BCUT2D eigenvalue weighted by Gasteiger charge is 2.42. The number of carbonyl (C=O) groups is 3. The molecular weight excluding hydrogens is 530 g/mol. The number of aliphatic imine (C=N–C) groups is 2. The summed E-state index contributed by atoms with van der Waals surface area (Å²) in [6.45, 7) is 3.39. The summed E-state index contributed by atoms with van der Waals surface area (Å²) in [5, 5.41) is 5.84. The molecule has 0 saturated carbocycles. The smallest absolute Gasteiger partial charge is 0.259 e. The Morgan fingerprint density at radius 3 is 2.60 bits per heavy atom. The molecule has 0 aromatic heterocycles. The van der Waals surface area contributed by atoms with Crippen molar-refractivity contribution in [3.8, 4) is 5.75 Å². The first-order valence-electron chi connectivity index (χ1n) is 13.4. The zero-order valence-corrected chi connectivity index (χ0v) is 23.8. The topological polar surface area (TPSA) is 122 Å². The van der Waals surface area contributed by atoms with Crippen LogP contribution in [0.15, 0.2) is 58.5 Å². The predicted octanol–water partition coefficient (Wildman–Crippen LogP) is 3.41. The molecule has 0 radical (unpaired) electrons. The van der Waals surface area contributed by atoms with Crippen LogP contribution in [0.25, 0.3) is 0 Å². The highest BCUT2D eigenvalue weighted by atomic mass is 32.2. The molecule has 2 aliphatic heterocycles. The first kappa shape index (κ1) is 29.3. The molecule has 2 heterocycles. The maximum atomic E-state index is 13.6. The lowest BCUT2D eigenvalue weighted by Gasteiger charge is -2.27. The normalized spacial score (nSPS) is 16.4. The molecule has 11 heteroatoms. The second kappa shape index (κ2) is 14.1. The number of rotatable bonds is 13. The molecule has 0 bridgehead atoms. The van der Waals surface area contributed by atoms with Crippen LogP contribution >= 0.6 is 11.8 Å². The number of carbonyl (C=O) groups excluding carboxylic acids is 3. The molecular formula is C29H35N5O5S. The number of hydrogen-bond acceptors (Lipinski definition) is 8. The number of nitrogens with one attached hydrogen (secondary N) is 2. The number of para-hydroxylation sites is 1. The van der Waals surface area contributed by atoms with Crippen LogP contribution < -0.4 is 15.4 Å². The van der Waals surface area contributed by atoms with Crippen molar-refractivity contribution in [2.75, 3.05) is 27.4 Å². The standard InChI is InChI=1S/C29H35N5O5S/c1-4-24(27(36)30-16-7-17-38-2)40-29-33-22-9-6-5-8-21(22)26-32-23(28(37)34(26)29)14-15-25(35)31-18-19-10-12-20(39-3)13-11-19/h5-6,8-13,23-24H,4,7,14-18H2,1-3H3,(H,30,36)(H,31,35)/t23-,24+/m1/s1. The average molecular weight is 566 g/mol. The van der Waals surface area contributed by atoms with Crippen LogP contribution in [0.4, 0.5) is 5.69 Å². The number of amidine groups is 2. The third kappa shape index (κ3) is 7.08. The van der Waals surface area contributed by atoms with E-state index in [1.54, 1.807) is 14.2 Å². The van der Waals surface area contributed by atoms with E-state index >= 15 is 0 Å². The number of methoxy groups -OCH3 is 2.